The van der Waals surface area contributed by atoms with Crippen molar-refractivity contribution in [2.45, 2.75) is 0 Å². The van der Waals surface area contributed by atoms with E-state index >= 15 is 0 Å². The fourth-order valence-corrected chi connectivity index (χ4v) is 2.57. The molecule has 0 bridgehead atoms. The molecule has 0 aliphatic rings. The van der Waals surface area contributed by atoms with Gasteiger partial charge in [-0.3, -0.25) is 4.98 Å². The highest BCUT2D eigenvalue weighted by Crippen LogP contribution is 2.27. The average Bonchev–Trinajstić information content (AvgIpc) is 2.49. The quantitative estimate of drug-likeness (QED) is 0.529. The van der Waals surface area contributed by atoms with Gasteiger partial charge in [-0.1, -0.05) is 56.1 Å². The molecule has 1 heterocycles. The maximum Gasteiger partial charge on any atom is 0.0346 e. The van der Waals surface area contributed by atoms with E-state index < -0.39 is 0 Å². The Morgan fingerprint density at radius 2 is 0.950 bits per heavy atom. The summed E-state index contributed by atoms with van der Waals surface area (Å²) in [5, 5.41) is 0. The minimum atomic E-state index is 1.08. The third kappa shape index (κ3) is 3.00. The molecule has 98 valence electrons. The van der Waals surface area contributed by atoms with E-state index in [2.05, 4.69) is 67.2 Å². The fourth-order valence-electron chi connectivity index (χ4n) is 2.04. The van der Waals surface area contributed by atoms with Crippen LogP contribution in [0.3, 0.4) is 0 Å². The molecule has 0 unspecified atom stereocenters. The molecule has 0 saturated heterocycles. The molecule has 0 radical (unpaired) electrons. The lowest BCUT2D eigenvalue weighted by Crippen LogP contribution is -1.84. The lowest BCUT2D eigenvalue weighted by molar-refractivity contribution is 1.33. The van der Waals surface area contributed by atoms with Gasteiger partial charge in [0.15, 0.2) is 0 Å². The lowest BCUT2D eigenvalue weighted by Gasteiger charge is -2.06. The third-order valence-corrected chi connectivity index (χ3v) is 4.15. The van der Waals surface area contributed by atoms with Crippen LogP contribution in [0, 0.1) is 0 Å². The van der Waals surface area contributed by atoms with E-state index in [1.807, 2.05) is 36.7 Å². The number of aromatic nitrogens is 1. The summed E-state index contributed by atoms with van der Waals surface area (Å²) in [4.78, 5) is 4.36. The van der Waals surface area contributed by atoms with Crippen LogP contribution in [0.2, 0.25) is 0 Å². The van der Waals surface area contributed by atoms with Gasteiger partial charge in [0.05, 0.1) is 0 Å². The highest BCUT2D eigenvalue weighted by atomic mass is 79.9. The minimum absolute atomic E-state index is 1.08. The smallest absolute Gasteiger partial charge is 0.0346 e. The molecule has 0 aliphatic carbocycles. The summed E-state index contributed by atoms with van der Waals surface area (Å²) < 4.78 is 2.16. The summed E-state index contributed by atoms with van der Waals surface area (Å²) in [5.74, 6) is 0. The number of rotatable bonds is 2. The summed E-state index contributed by atoms with van der Waals surface area (Å²) in [6.45, 7) is 0. The number of halogens is 2. The first-order valence-electron chi connectivity index (χ1n) is 6.19. The summed E-state index contributed by atoms with van der Waals surface area (Å²) in [5.41, 5.74) is 4.58. The zero-order valence-corrected chi connectivity index (χ0v) is 13.7. The van der Waals surface area contributed by atoms with E-state index in [-0.39, 0.29) is 0 Å². The average molecular weight is 389 g/mol. The molecule has 0 fully saturated rings. The van der Waals surface area contributed by atoms with Crippen molar-refractivity contribution in [1.82, 2.24) is 4.98 Å². The van der Waals surface area contributed by atoms with Crippen molar-refractivity contribution in [3.63, 3.8) is 0 Å². The van der Waals surface area contributed by atoms with Crippen LogP contribution in [0.5, 0.6) is 0 Å². The van der Waals surface area contributed by atoms with Gasteiger partial charge in [-0.05, 0) is 41.5 Å². The molecular weight excluding hydrogens is 378 g/mol. The Morgan fingerprint density at radius 1 is 0.550 bits per heavy atom. The van der Waals surface area contributed by atoms with E-state index in [1.165, 1.54) is 11.1 Å². The Hall–Kier alpha value is -1.45. The summed E-state index contributed by atoms with van der Waals surface area (Å²) in [6.07, 6.45) is 3.79. The Bertz CT molecular complexity index is 658. The van der Waals surface area contributed by atoms with Crippen molar-refractivity contribution in [2.24, 2.45) is 0 Å². The Kier molecular flexibility index (Phi) is 3.99. The first-order chi connectivity index (χ1) is 9.72. The largest absolute Gasteiger partial charge is 0.263 e. The summed E-state index contributed by atoms with van der Waals surface area (Å²) >= 11 is 6.91. The van der Waals surface area contributed by atoms with Crippen molar-refractivity contribution in [1.29, 1.82) is 0 Å². The summed E-state index contributed by atoms with van der Waals surface area (Å²) in [7, 11) is 0. The number of benzene rings is 2. The van der Waals surface area contributed by atoms with Crippen LogP contribution in [-0.4, -0.2) is 4.98 Å². The van der Waals surface area contributed by atoms with E-state index in [9.17, 15) is 0 Å². The SMILES string of the molecule is Brc1ccc(-c2cncc(-c3ccc(Br)cc3)c2)cc1. The van der Waals surface area contributed by atoms with Gasteiger partial charge in [0, 0.05) is 32.5 Å². The maximum atomic E-state index is 4.36. The first kappa shape index (κ1) is 13.5. The molecule has 1 nitrogen and oxygen atoms in total. The van der Waals surface area contributed by atoms with E-state index in [0.717, 1.165) is 20.1 Å². The highest BCUT2D eigenvalue weighted by molar-refractivity contribution is 9.10. The topological polar surface area (TPSA) is 12.9 Å². The van der Waals surface area contributed by atoms with Crippen LogP contribution in [0.25, 0.3) is 22.3 Å². The van der Waals surface area contributed by atoms with Crippen molar-refractivity contribution >= 4 is 31.9 Å². The first-order valence-corrected chi connectivity index (χ1v) is 7.78. The predicted molar refractivity (Wildman–Crippen MR) is 90.5 cm³/mol. The molecule has 3 aromatic rings. The van der Waals surface area contributed by atoms with Crippen molar-refractivity contribution in [3.05, 3.63) is 75.9 Å². The highest BCUT2D eigenvalue weighted by Gasteiger charge is 2.02. The molecule has 1 aromatic heterocycles. The number of hydrogen-bond acceptors (Lipinski definition) is 1. The van der Waals surface area contributed by atoms with Gasteiger partial charge in [0.1, 0.15) is 0 Å². The predicted octanol–water partition coefficient (Wildman–Crippen LogP) is 5.94. The van der Waals surface area contributed by atoms with E-state index in [1.54, 1.807) is 0 Å². The van der Waals surface area contributed by atoms with Crippen LogP contribution in [0.1, 0.15) is 0 Å². The molecule has 0 saturated carbocycles. The van der Waals surface area contributed by atoms with Gasteiger partial charge in [-0.15, -0.1) is 0 Å². The fraction of sp³-hybridized carbons (Fsp3) is 0. The molecule has 20 heavy (non-hydrogen) atoms. The monoisotopic (exact) mass is 387 g/mol. The molecule has 0 N–H and O–H groups in total. The molecule has 3 heteroatoms. The van der Waals surface area contributed by atoms with Crippen molar-refractivity contribution in [3.8, 4) is 22.3 Å². The Labute approximate surface area is 135 Å². The standard InChI is InChI=1S/C17H11Br2N/c18-16-5-1-12(2-6-16)14-9-15(11-20-10-14)13-3-7-17(19)8-4-13/h1-11H. The van der Waals surface area contributed by atoms with E-state index in [4.69, 9.17) is 0 Å². The van der Waals surface area contributed by atoms with Crippen molar-refractivity contribution in [2.75, 3.05) is 0 Å². The number of pyridine rings is 1. The molecule has 0 spiro atoms. The Morgan fingerprint density at radius 3 is 1.35 bits per heavy atom. The van der Waals surface area contributed by atoms with Crippen LogP contribution in [0.4, 0.5) is 0 Å². The lowest BCUT2D eigenvalue weighted by atomic mass is 10.0. The van der Waals surface area contributed by atoms with Crippen LogP contribution >= 0.6 is 31.9 Å². The van der Waals surface area contributed by atoms with Crippen LogP contribution in [0.15, 0.2) is 75.9 Å². The van der Waals surface area contributed by atoms with Gasteiger partial charge >= 0.3 is 0 Å². The van der Waals surface area contributed by atoms with Crippen LogP contribution < -0.4 is 0 Å². The van der Waals surface area contributed by atoms with Gasteiger partial charge < -0.3 is 0 Å². The summed E-state index contributed by atoms with van der Waals surface area (Å²) in [6, 6.07) is 18.7. The van der Waals surface area contributed by atoms with Crippen LogP contribution in [-0.2, 0) is 0 Å². The van der Waals surface area contributed by atoms with E-state index in [0.29, 0.717) is 0 Å². The zero-order chi connectivity index (χ0) is 13.9. The normalized spacial score (nSPS) is 10.5. The zero-order valence-electron chi connectivity index (χ0n) is 10.6. The van der Waals surface area contributed by atoms with Gasteiger partial charge in [-0.2, -0.15) is 0 Å². The second-order valence-electron chi connectivity index (χ2n) is 4.48. The molecule has 0 atom stereocenters. The minimum Gasteiger partial charge on any atom is -0.263 e. The second kappa shape index (κ2) is 5.90. The Balaban J connectivity index is 2.01. The third-order valence-electron chi connectivity index (χ3n) is 3.09. The molecule has 2 aromatic carbocycles. The number of hydrogen-bond donors (Lipinski definition) is 0. The maximum absolute atomic E-state index is 4.36. The molecule has 0 aliphatic heterocycles. The van der Waals surface area contributed by atoms with Gasteiger partial charge in [0.25, 0.3) is 0 Å². The number of nitrogens with zero attached hydrogens (tertiary/aromatic N) is 1. The molecule has 0 amide bonds. The van der Waals surface area contributed by atoms with Gasteiger partial charge in [0.2, 0.25) is 0 Å². The molecule has 3 rings (SSSR count). The second-order valence-corrected chi connectivity index (χ2v) is 6.31. The van der Waals surface area contributed by atoms with Crippen molar-refractivity contribution < 1.29 is 0 Å². The van der Waals surface area contributed by atoms with Gasteiger partial charge in [-0.25, -0.2) is 0 Å². The molecular formula is C17H11Br2N.